The van der Waals surface area contributed by atoms with Crippen molar-refractivity contribution in [3.05, 3.63) is 24.3 Å². The van der Waals surface area contributed by atoms with Crippen molar-refractivity contribution < 1.29 is 24.5 Å². The van der Waals surface area contributed by atoms with E-state index in [0.29, 0.717) is 11.5 Å². The highest BCUT2D eigenvalue weighted by Crippen LogP contribution is 2.31. The first kappa shape index (κ1) is 10.8. The second-order valence-corrected chi connectivity index (χ2v) is 3.58. The maximum Gasteiger partial charge on any atom is 0.306 e. The van der Waals surface area contributed by atoms with Gasteiger partial charge in [0.25, 0.3) is 0 Å². The van der Waals surface area contributed by atoms with Crippen LogP contribution in [0.1, 0.15) is 6.42 Å². The summed E-state index contributed by atoms with van der Waals surface area (Å²) in [5, 5.41) is 18.1. The molecular formula is C11H12O5. The Morgan fingerprint density at radius 2 is 2.12 bits per heavy atom. The van der Waals surface area contributed by atoms with E-state index in [-0.39, 0.29) is 13.0 Å². The number of benzene rings is 1. The molecule has 5 heteroatoms. The molecule has 0 spiro atoms. The van der Waals surface area contributed by atoms with E-state index >= 15 is 0 Å². The summed E-state index contributed by atoms with van der Waals surface area (Å²) >= 11 is 0. The summed E-state index contributed by atoms with van der Waals surface area (Å²) in [6, 6.07) is 7.08. The van der Waals surface area contributed by atoms with Gasteiger partial charge in [-0.1, -0.05) is 12.1 Å². The number of para-hydroxylation sites is 2. The summed E-state index contributed by atoms with van der Waals surface area (Å²) in [6.45, 7) is 0.158. The summed E-state index contributed by atoms with van der Waals surface area (Å²) in [7, 11) is 0. The van der Waals surface area contributed by atoms with Crippen LogP contribution in [0, 0.1) is 0 Å². The first-order valence-corrected chi connectivity index (χ1v) is 4.95. The number of aliphatic hydroxyl groups excluding tert-OH is 1. The fourth-order valence-electron chi connectivity index (χ4n) is 1.54. The van der Waals surface area contributed by atoms with Gasteiger partial charge < -0.3 is 19.7 Å². The van der Waals surface area contributed by atoms with Gasteiger partial charge in [-0.3, -0.25) is 4.79 Å². The number of hydrogen-bond acceptors (Lipinski definition) is 4. The monoisotopic (exact) mass is 224 g/mol. The van der Waals surface area contributed by atoms with Gasteiger partial charge in [0.05, 0.1) is 6.42 Å². The summed E-state index contributed by atoms with van der Waals surface area (Å²) in [5.41, 5.74) is 0. The lowest BCUT2D eigenvalue weighted by Crippen LogP contribution is -2.40. The van der Waals surface area contributed by atoms with Crippen molar-refractivity contribution in [3.63, 3.8) is 0 Å². The number of carboxylic acid groups (broad SMARTS) is 1. The Morgan fingerprint density at radius 1 is 1.44 bits per heavy atom. The molecule has 1 aromatic rings. The molecule has 0 bridgehead atoms. The Hall–Kier alpha value is -1.75. The van der Waals surface area contributed by atoms with E-state index in [2.05, 4.69) is 0 Å². The first-order chi connectivity index (χ1) is 7.66. The van der Waals surface area contributed by atoms with Crippen LogP contribution in [-0.2, 0) is 4.79 Å². The number of carboxylic acids is 1. The summed E-state index contributed by atoms with van der Waals surface area (Å²) in [6.07, 6.45) is -2.05. The molecule has 1 unspecified atom stereocenters. The standard InChI is InChI=1S/C11H12O5/c12-7(5-11(13)14)10-6-15-8-3-1-2-4-9(8)16-10/h1-4,7,10,12H,5-6H2,(H,13,14)/t7-,10?/m0/s1. The van der Waals surface area contributed by atoms with Gasteiger partial charge in [0.1, 0.15) is 12.7 Å². The van der Waals surface area contributed by atoms with Gasteiger partial charge in [-0.2, -0.15) is 0 Å². The molecular weight excluding hydrogens is 212 g/mol. The van der Waals surface area contributed by atoms with Gasteiger partial charge in [-0.25, -0.2) is 0 Å². The topological polar surface area (TPSA) is 76.0 Å². The molecule has 0 saturated carbocycles. The van der Waals surface area contributed by atoms with Crippen LogP contribution in [0.3, 0.4) is 0 Å². The first-order valence-electron chi connectivity index (χ1n) is 4.95. The van der Waals surface area contributed by atoms with Crippen molar-refractivity contribution in [2.24, 2.45) is 0 Å². The minimum absolute atomic E-state index is 0.158. The molecule has 1 aliphatic rings. The molecule has 0 amide bonds. The molecule has 86 valence electrons. The highest BCUT2D eigenvalue weighted by molar-refractivity contribution is 5.67. The molecule has 0 aromatic heterocycles. The molecule has 0 fully saturated rings. The fraction of sp³-hybridized carbons (Fsp3) is 0.364. The molecule has 0 radical (unpaired) electrons. The van der Waals surface area contributed by atoms with Gasteiger partial charge in [0, 0.05) is 0 Å². The molecule has 16 heavy (non-hydrogen) atoms. The van der Waals surface area contributed by atoms with Gasteiger partial charge in [0.2, 0.25) is 0 Å². The lowest BCUT2D eigenvalue weighted by Gasteiger charge is -2.28. The Morgan fingerprint density at radius 3 is 2.81 bits per heavy atom. The van der Waals surface area contributed by atoms with E-state index in [1.165, 1.54) is 0 Å². The van der Waals surface area contributed by atoms with Crippen LogP contribution in [0.4, 0.5) is 0 Å². The lowest BCUT2D eigenvalue weighted by molar-refractivity contribution is -0.141. The third-order valence-electron chi connectivity index (χ3n) is 2.34. The number of ether oxygens (including phenoxy) is 2. The zero-order valence-corrected chi connectivity index (χ0v) is 8.50. The lowest BCUT2D eigenvalue weighted by atomic mass is 10.1. The van der Waals surface area contributed by atoms with E-state index < -0.39 is 18.2 Å². The average Bonchev–Trinajstić information content (AvgIpc) is 2.27. The Labute approximate surface area is 92.2 Å². The van der Waals surface area contributed by atoms with Crippen molar-refractivity contribution >= 4 is 5.97 Å². The number of aliphatic hydroxyl groups is 1. The molecule has 0 aliphatic carbocycles. The number of fused-ring (bicyclic) bond motifs is 1. The minimum Gasteiger partial charge on any atom is -0.486 e. The van der Waals surface area contributed by atoms with E-state index in [1.807, 2.05) is 6.07 Å². The Balaban J connectivity index is 2.05. The zero-order chi connectivity index (χ0) is 11.5. The minimum atomic E-state index is -1.06. The zero-order valence-electron chi connectivity index (χ0n) is 8.50. The summed E-state index contributed by atoms with van der Waals surface area (Å²) in [5.74, 6) is 0.0828. The van der Waals surface area contributed by atoms with Crippen LogP contribution < -0.4 is 9.47 Å². The summed E-state index contributed by atoms with van der Waals surface area (Å²) < 4.78 is 10.8. The molecule has 2 N–H and O–H groups in total. The molecule has 5 nitrogen and oxygen atoms in total. The van der Waals surface area contributed by atoms with E-state index in [4.69, 9.17) is 14.6 Å². The highest BCUT2D eigenvalue weighted by Gasteiger charge is 2.28. The van der Waals surface area contributed by atoms with Gasteiger partial charge >= 0.3 is 5.97 Å². The maximum absolute atomic E-state index is 10.4. The number of aliphatic carboxylic acids is 1. The molecule has 2 rings (SSSR count). The van der Waals surface area contributed by atoms with Crippen LogP contribution in [0.2, 0.25) is 0 Å². The normalized spacial score (nSPS) is 20.2. The maximum atomic E-state index is 10.4. The molecule has 1 heterocycles. The van der Waals surface area contributed by atoms with Crippen molar-refractivity contribution in [1.29, 1.82) is 0 Å². The average molecular weight is 224 g/mol. The van der Waals surface area contributed by atoms with Crippen LogP contribution in [0.5, 0.6) is 11.5 Å². The molecule has 0 saturated heterocycles. The third-order valence-corrected chi connectivity index (χ3v) is 2.34. The smallest absolute Gasteiger partial charge is 0.306 e. The predicted octanol–water partition coefficient (Wildman–Crippen LogP) is 0.662. The van der Waals surface area contributed by atoms with Gasteiger partial charge in [-0.15, -0.1) is 0 Å². The fourth-order valence-corrected chi connectivity index (χ4v) is 1.54. The van der Waals surface area contributed by atoms with E-state index in [0.717, 1.165) is 0 Å². The Kier molecular flexibility index (Phi) is 2.96. The highest BCUT2D eigenvalue weighted by atomic mass is 16.6. The van der Waals surface area contributed by atoms with Crippen molar-refractivity contribution in [3.8, 4) is 11.5 Å². The number of rotatable bonds is 3. The van der Waals surface area contributed by atoms with Crippen molar-refractivity contribution in [2.75, 3.05) is 6.61 Å². The third kappa shape index (κ3) is 2.25. The predicted molar refractivity (Wildman–Crippen MR) is 54.6 cm³/mol. The van der Waals surface area contributed by atoms with E-state index in [9.17, 15) is 9.90 Å². The largest absolute Gasteiger partial charge is 0.486 e. The van der Waals surface area contributed by atoms with Gasteiger partial charge in [-0.05, 0) is 12.1 Å². The number of hydrogen-bond donors (Lipinski definition) is 2. The molecule has 1 aliphatic heterocycles. The molecule has 2 atom stereocenters. The SMILES string of the molecule is O=C(O)C[C@H](O)C1COc2ccccc2O1. The van der Waals surface area contributed by atoms with Crippen LogP contribution in [0.15, 0.2) is 24.3 Å². The number of carbonyl (C=O) groups is 1. The van der Waals surface area contributed by atoms with Crippen molar-refractivity contribution in [1.82, 2.24) is 0 Å². The Bertz CT molecular complexity index is 390. The second kappa shape index (κ2) is 4.40. The molecule has 1 aromatic carbocycles. The summed E-state index contributed by atoms with van der Waals surface area (Å²) in [4.78, 5) is 10.4. The quantitative estimate of drug-likeness (QED) is 0.788. The van der Waals surface area contributed by atoms with Crippen LogP contribution >= 0.6 is 0 Å². The van der Waals surface area contributed by atoms with E-state index in [1.54, 1.807) is 18.2 Å². The van der Waals surface area contributed by atoms with Crippen LogP contribution in [0.25, 0.3) is 0 Å². The van der Waals surface area contributed by atoms with Crippen LogP contribution in [-0.4, -0.2) is 35.0 Å². The van der Waals surface area contributed by atoms with Crippen molar-refractivity contribution in [2.45, 2.75) is 18.6 Å². The second-order valence-electron chi connectivity index (χ2n) is 3.58. The van der Waals surface area contributed by atoms with Gasteiger partial charge in [0.15, 0.2) is 17.6 Å².